The average molecular weight is 386 g/mol. The van der Waals surface area contributed by atoms with Crippen LogP contribution in [0.2, 0.25) is 0 Å². The molecule has 0 aliphatic rings. The molecule has 0 atom stereocenters. The van der Waals surface area contributed by atoms with Crippen molar-refractivity contribution < 1.29 is 4.92 Å². The number of benzene rings is 2. The molecular formula is C16H8BrN3O2S. The van der Waals surface area contributed by atoms with Gasteiger partial charge in [-0.3, -0.25) is 10.1 Å². The van der Waals surface area contributed by atoms with Crippen molar-refractivity contribution in [1.29, 1.82) is 10.5 Å². The number of nitro groups is 1. The summed E-state index contributed by atoms with van der Waals surface area (Å²) in [4.78, 5) is 12.2. The molecule has 0 aromatic heterocycles. The first kappa shape index (κ1) is 16.8. The standard InChI is InChI=1S/C16H8BrN3O2S/c17-13-2-4-14(5-3-13)23-16-6-1-11(7-12(9-18)10-19)8-15(16)20(21)22/h1-8H. The van der Waals surface area contributed by atoms with E-state index in [1.807, 2.05) is 24.3 Å². The van der Waals surface area contributed by atoms with Gasteiger partial charge in [-0.2, -0.15) is 10.5 Å². The van der Waals surface area contributed by atoms with Crippen molar-refractivity contribution in [3.05, 3.63) is 68.2 Å². The first-order chi connectivity index (χ1) is 11.0. The van der Waals surface area contributed by atoms with Crippen LogP contribution in [0, 0.1) is 32.8 Å². The third-order valence-corrected chi connectivity index (χ3v) is 4.37. The molecule has 0 heterocycles. The molecule has 2 aromatic rings. The Labute approximate surface area is 145 Å². The van der Waals surface area contributed by atoms with Crippen molar-refractivity contribution in [3.8, 4) is 12.1 Å². The van der Waals surface area contributed by atoms with Crippen LogP contribution in [-0.2, 0) is 0 Å². The molecule has 7 heteroatoms. The molecule has 5 nitrogen and oxygen atoms in total. The molecule has 0 fully saturated rings. The minimum absolute atomic E-state index is 0.0677. The minimum Gasteiger partial charge on any atom is -0.258 e. The highest BCUT2D eigenvalue weighted by Gasteiger charge is 2.15. The molecule has 2 aromatic carbocycles. The number of nitrogens with zero attached hydrogens (tertiary/aromatic N) is 3. The summed E-state index contributed by atoms with van der Waals surface area (Å²) in [5.41, 5.74) is 0.268. The normalized spacial score (nSPS) is 9.52. The van der Waals surface area contributed by atoms with E-state index in [1.165, 1.54) is 23.9 Å². The lowest BCUT2D eigenvalue weighted by Gasteiger charge is -2.04. The molecule has 0 bridgehead atoms. The molecule has 23 heavy (non-hydrogen) atoms. The summed E-state index contributed by atoms with van der Waals surface area (Å²) in [6, 6.07) is 15.5. The third kappa shape index (κ3) is 4.43. The minimum atomic E-state index is -0.475. The van der Waals surface area contributed by atoms with Crippen molar-refractivity contribution in [3.63, 3.8) is 0 Å². The van der Waals surface area contributed by atoms with Crippen LogP contribution in [0.3, 0.4) is 0 Å². The first-order valence-electron chi connectivity index (χ1n) is 6.27. The summed E-state index contributed by atoms with van der Waals surface area (Å²) in [5.74, 6) is 0. The molecule has 0 aliphatic carbocycles. The molecule has 0 saturated carbocycles. The lowest BCUT2D eigenvalue weighted by atomic mass is 10.1. The lowest BCUT2D eigenvalue weighted by molar-refractivity contribution is -0.387. The Hall–Kier alpha value is -2.61. The van der Waals surface area contributed by atoms with Crippen molar-refractivity contribution in [2.24, 2.45) is 0 Å². The van der Waals surface area contributed by atoms with Crippen LogP contribution >= 0.6 is 27.7 Å². The number of halogens is 1. The Morgan fingerprint density at radius 3 is 2.39 bits per heavy atom. The van der Waals surface area contributed by atoms with Gasteiger partial charge in [0.2, 0.25) is 0 Å². The Bertz CT molecular complexity index is 848. The summed E-state index contributed by atoms with van der Waals surface area (Å²) in [5, 5.41) is 28.8. The molecule has 0 amide bonds. The monoisotopic (exact) mass is 385 g/mol. The fraction of sp³-hybridized carbons (Fsp3) is 0. The molecule has 0 unspecified atom stereocenters. The topological polar surface area (TPSA) is 90.7 Å². The van der Waals surface area contributed by atoms with Gasteiger partial charge < -0.3 is 0 Å². The molecule has 0 N–H and O–H groups in total. The summed E-state index contributed by atoms with van der Waals surface area (Å²) < 4.78 is 0.928. The first-order valence-corrected chi connectivity index (χ1v) is 7.88. The van der Waals surface area contributed by atoms with Gasteiger partial charge in [-0.1, -0.05) is 33.8 Å². The van der Waals surface area contributed by atoms with Crippen LogP contribution in [0.15, 0.2) is 62.3 Å². The molecule has 0 radical (unpaired) electrons. The quantitative estimate of drug-likeness (QED) is 0.422. The van der Waals surface area contributed by atoms with Crippen LogP contribution < -0.4 is 0 Å². The zero-order valence-corrected chi connectivity index (χ0v) is 14.0. The molecule has 0 saturated heterocycles. The number of allylic oxidation sites excluding steroid dienone is 1. The Morgan fingerprint density at radius 2 is 1.83 bits per heavy atom. The molecule has 0 aliphatic heterocycles. The van der Waals surface area contributed by atoms with Gasteiger partial charge in [0.05, 0.1) is 9.82 Å². The smallest absolute Gasteiger partial charge is 0.258 e. The summed E-state index contributed by atoms with van der Waals surface area (Å²) in [7, 11) is 0. The number of nitro benzene ring substituents is 1. The van der Waals surface area contributed by atoms with E-state index >= 15 is 0 Å². The van der Waals surface area contributed by atoms with Crippen LogP contribution in [0.5, 0.6) is 0 Å². The van der Waals surface area contributed by atoms with E-state index in [1.54, 1.807) is 24.3 Å². The number of rotatable bonds is 4. The fourth-order valence-corrected chi connectivity index (χ4v) is 2.90. The van der Waals surface area contributed by atoms with E-state index in [0.717, 1.165) is 9.37 Å². The molecular weight excluding hydrogens is 378 g/mol. The highest BCUT2D eigenvalue weighted by Crippen LogP contribution is 2.36. The van der Waals surface area contributed by atoms with E-state index in [9.17, 15) is 10.1 Å². The zero-order chi connectivity index (χ0) is 16.8. The highest BCUT2D eigenvalue weighted by molar-refractivity contribution is 9.10. The summed E-state index contributed by atoms with van der Waals surface area (Å²) >= 11 is 4.62. The second-order valence-corrected chi connectivity index (χ2v) is 6.35. The van der Waals surface area contributed by atoms with E-state index < -0.39 is 4.92 Å². The predicted octanol–water partition coefficient (Wildman–Crippen LogP) is 4.94. The van der Waals surface area contributed by atoms with Crippen LogP contribution in [0.4, 0.5) is 5.69 Å². The van der Waals surface area contributed by atoms with Gasteiger partial charge in [-0.25, -0.2) is 0 Å². The third-order valence-electron chi connectivity index (χ3n) is 2.77. The summed E-state index contributed by atoms with van der Waals surface area (Å²) in [6.07, 6.45) is 1.32. The van der Waals surface area contributed by atoms with Gasteiger partial charge in [0.1, 0.15) is 17.7 Å². The van der Waals surface area contributed by atoms with Crippen molar-refractivity contribution in [2.45, 2.75) is 9.79 Å². The largest absolute Gasteiger partial charge is 0.283 e. The summed E-state index contributed by atoms with van der Waals surface area (Å²) in [6.45, 7) is 0. The van der Waals surface area contributed by atoms with Gasteiger partial charge in [0, 0.05) is 15.4 Å². The second kappa shape index (κ2) is 7.59. The fourth-order valence-electron chi connectivity index (χ4n) is 1.74. The van der Waals surface area contributed by atoms with E-state index in [0.29, 0.717) is 10.5 Å². The second-order valence-electron chi connectivity index (χ2n) is 4.32. The van der Waals surface area contributed by atoms with E-state index in [-0.39, 0.29) is 11.3 Å². The van der Waals surface area contributed by atoms with Crippen LogP contribution in [0.1, 0.15) is 5.56 Å². The predicted molar refractivity (Wildman–Crippen MR) is 90.6 cm³/mol. The maximum atomic E-state index is 11.3. The van der Waals surface area contributed by atoms with Gasteiger partial charge in [-0.15, -0.1) is 0 Å². The van der Waals surface area contributed by atoms with Gasteiger partial charge in [0.15, 0.2) is 0 Å². The van der Waals surface area contributed by atoms with Gasteiger partial charge in [0.25, 0.3) is 5.69 Å². The zero-order valence-electron chi connectivity index (χ0n) is 11.6. The lowest BCUT2D eigenvalue weighted by Crippen LogP contribution is -1.92. The van der Waals surface area contributed by atoms with Crippen LogP contribution in [0.25, 0.3) is 6.08 Å². The Balaban J connectivity index is 2.40. The van der Waals surface area contributed by atoms with E-state index in [2.05, 4.69) is 15.9 Å². The maximum absolute atomic E-state index is 11.3. The van der Waals surface area contributed by atoms with Gasteiger partial charge >= 0.3 is 0 Å². The molecule has 112 valence electrons. The van der Waals surface area contributed by atoms with Gasteiger partial charge in [-0.05, 0) is 42.0 Å². The van der Waals surface area contributed by atoms with Crippen LogP contribution in [-0.4, -0.2) is 4.92 Å². The Morgan fingerprint density at radius 1 is 1.17 bits per heavy atom. The number of hydrogen-bond donors (Lipinski definition) is 0. The molecule has 0 spiro atoms. The highest BCUT2D eigenvalue weighted by atomic mass is 79.9. The van der Waals surface area contributed by atoms with Crippen molar-refractivity contribution in [1.82, 2.24) is 0 Å². The number of hydrogen-bond acceptors (Lipinski definition) is 5. The average Bonchev–Trinajstić information content (AvgIpc) is 2.55. The Kier molecular flexibility index (Phi) is 5.53. The van der Waals surface area contributed by atoms with Crippen molar-refractivity contribution in [2.75, 3.05) is 0 Å². The molecule has 2 rings (SSSR count). The van der Waals surface area contributed by atoms with Crippen molar-refractivity contribution >= 4 is 39.5 Å². The maximum Gasteiger partial charge on any atom is 0.283 e. The SMILES string of the molecule is N#CC(C#N)=Cc1ccc(Sc2ccc(Br)cc2)c([N+](=O)[O-])c1. The van der Waals surface area contributed by atoms with E-state index in [4.69, 9.17) is 10.5 Å². The number of nitriles is 2.